The topological polar surface area (TPSA) is 38.3 Å². The van der Waals surface area contributed by atoms with Crippen molar-refractivity contribution in [3.05, 3.63) is 42.0 Å². The Morgan fingerprint density at radius 2 is 2.05 bits per heavy atom. The Morgan fingerprint density at radius 3 is 2.68 bits per heavy atom. The number of amides is 1. The van der Waals surface area contributed by atoms with E-state index in [1.54, 1.807) is 0 Å². The normalized spacial score (nSPS) is 11.1. The maximum absolute atomic E-state index is 11.1. The van der Waals surface area contributed by atoms with Crippen molar-refractivity contribution in [2.75, 3.05) is 40.3 Å². The summed E-state index contributed by atoms with van der Waals surface area (Å²) in [6.45, 7) is 10.9. The first kappa shape index (κ1) is 18.2. The molecule has 0 atom stereocenters. The van der Waals surface area contributed by atoms with Crippen molar-refractivity contribution in [2.24, 2.45) is 0 Å². The summed E-state index contributed by atoms with van der Waals surface area (Å²) < 4.78 is 6.76. The zero-order chi connectivity index (χ0) is 16.6. The minimum Gasteiger partial charge on any atom is -0.487 e. The molecule has 4 heteroatoms. The SMILES string of the molecule is C=CC(=O)NCCC[N+](C)(C)CCOc1ccc(C)cc1C. The molecule has 0 saturated carbocycles. The molecule has 122 valence electrons. The summed E-state index contributed by atoms with van der Waals surface area (Å²) in [6, 6.07) is 6.25. The van der Waals surface area contributed by atoms with E-state index in [2.05, 4.69) is 52.0 Å². The lowest BCUT2D eigenvalue weighted by Crippen LogP contribution is -2.44. The predicted molar refractivity (Wildman–Crippen MR) is 91.1 cm³/mol. The monoisotopic (exact) mass is 305 g/mol. The number of hydrogen-bond acceptors (Lipinski definition) is 2. The van der Waals surface area contributed by atoms with E-state index in [9.17, 15) is 4.79 Å². The molecule has 1 amide bonds. The van der Waals surface area contributed by atoms with Crippen LogP contribution in [0.3, 0.4) is 0 Å². The maximum atomic E-state index is 11.1. The summed E-state index contributed by atoms with van der Waals surface area (Å²) in [5.74, 6) is 0.854. The van der Waals surface area contributed by atoms with E-state index < -0.39 is 0 Å². The fourth-order valence-corrected chi connectivity index (χ4v) is 2.27. The molecule has 4 nitrogen and oxygen atoms in total. The molecule has 0 aromatic heterocycles. The number of aryl methyl sites for hydroxylation is 2. The fourth-order valence-electron chi connectivity index (χ4n) is 2.27. The van der Waals surface area contributed by atoms with Crippen LogP contribution in [-0.4, -0.2) is 50.7 Å². The summed E-state index contributed by atoms with van der Waals surface area (Å²) in [7, 11) is 4.36. The van der Waals surface area contributed by atoms with E-state index in [-0.39, 0.29) is 5.91 Å². The van der Waals surface area contributed by atoms with Crippen molar-refractivity contribution in [1.82, 2.24) is 5.32 Å². The molecule has 0 aliphatic rings. The summed E-state index contributed by atoms with van der Waals surface area (Å²) in [5.41, 5.74) is 2.43. The van der Waals surface area contributed by atoms with E-state index in [0.717, 1.165) is 29.7 Å². The lowest BCUT2D eigenvalue weighted by atomic mass is 10.1. The smallest absolute Gasteiger partial charge is 0.243 e. The van der Waals surface area contributed by atoms with Gasteiger partial charge in [-0.3, -0.25) is 4.79 Å². The average molecular weight is 305 g/mol. The second-order valence-corrected chi connectivity index (χ2v) is 6.35. The number of quaternary nitrogens is 1. The quantitative estimate of drug-likeness (QED) is 0.432. The largest absolute Gasteiger partial charge is 0.487 e. The lowest BCUT2D eigenvalue weighted by Gasteiger charge is -2.29. The van der Waals surface area contributed by atoms with E-state index >= 15 is 0 Å². The van der Waals surface area contributed by atoms with Gasteiger partial charge in [0.05, 0.1) is 20.6 Å². The first-order valence-corrected chi connectivity index (χ1v) is 7.76. The number of carbonyl (C=O) groups excluding carboxylic acids is 1. The van der Waals surface area contributed by atoms with Gasteiger partial charge in [0.15, 0.2) is 0 Å². The van der Waals surface area contributed by atoms with Crippen molar-refractivity contribution in [3.8, 4) is 5.75 Å². The summed E-state index contributed by atoms with van der Waals surface area (Å²) in [6.07, 6.45) is 2.24. The molecule has 1 N–H and O–H groups in total. The van der Waals surface area contributed by atoms with E-state index in [4.69, 9.17) is 4.74 Å². The van der Waals surface area contributed by atoms with Gasteiger partial charge in [0.1, 0.15) is 18.9 Å². The highest BCUT2D eigenvalue weighted by molar-refractivity contribution is 5.86. The van der Waals surface area contributed by atoms with Crippen LogP contribution in [0.1, 0.15) is 17.5 Å². The van der Waals surface area contributed by atoms with Crippen LogP contribution in [0.5, 0.6) is 5.75 Å². The third-order valence-electron chi connectivity index (χ3n) is 3.71. The maximum Gasteiger partial charge on any atom is 0.243 e. The van der Waals surface area contributed by atoms with Crippen molar-refractivity contribution in [3.63, 3.8) is 0 Å². The molecule has 1 aromatic carbocycles. The molecule has 0 saturated heterocycles. The third kappa shape index (κ3) is 6.76. The Morgan fingerprint density at radius 1 is 1.32 bits per heavy atom. The minimum absolute atomic E-state index is 0.108. The zero-order valence-electron chi connectivity index (χ0n) is 14.3. The Bertz CT molecular complexity index is 510. The number of ether oxygens (including phenoxy) is 1. The number of nitrogens with zero attached hydrogens (tertiary/aromatic N) is 1. The van der Waals surface area contributed by atoms with Gasteiger partial charge in [-0.1, -0.05) is 24.3 Å². The molecule has 1 rings (SSSR count). The third-order valence-corrected chi connectivity index (χ3v) is 3.71. The number of benzene rings is 1. The molecule has 0 unspecified atom stereocenters. The summed E-state index contributed by atoms with van der Waals surface area (Å²) in [4.78, 5) is 11.1. The molecule has 1 aromatic rings. The summed E-state index contributed by atoms with van der Waals surface area (Å²) >= 11 is 0. The average Bonchev–Trinajstić information content (AvgIpc) is 2.45. The molecule has 0 radical (unpaired) electrons. The molecule has 0 aliphatic heterocycles. The summed E-state index contributed by atoms with van der Waals surface area (Å²) in [5, 5.41) is 2.80. The number of rotatable bonds is 9. The van der Waals surface area contributed by atoms with Crippen LogP contribution < -0.4 is 10.1 Å². The van der Waals surface area contributed by atoms with Crippen LogP contribution in [0.15, 0.2) is 30.9 Å². The standard InChI is InChI=1S/C18H28N2O2/c1-6-18(21)19-10-7-11-20(4,5)12-13-22-17-9-8-15(2)14-16(17)3/h6,8-9,14H,1,7,10-13H2,2-5H3/p+1. The van der Waals surface area contributed by atoms with Gasteiger partial charge in [-0.15, -0.1) is 0 Å². The van der Waals surface area contributed by atoms with Crippen molar-refractivity contribution in [1.29, 1.82) is 0 Å². The molecule has 0 heterocycles. The predicted octanol–water partition coefficient (Wildman–Crippen LogP) is 2.45. The van der Waals surface area contributed by atoms with Crippen LogP contribution in [0.2, 0.25) is 0 Å². The Balaban J connectivity index is 2.29. The highest BCUT2D eigenvalue weighted by Crippen LogP contribution is 2.18. The van der Waals surface area contributed by atoms with Gasteiger partial charge in [-0.2, -0.15) is 0 Å². The van der Waals surface area contributed by atoms with Crippen molar-refractivity contribution in [2.45, 2.75) is 20.3 Å². The van der Waals surface area contributed by atoms with E-state index in [1.165, 1.54) is 17.2 Å². The second-order valence-electron chi connectivity index (χ2n) is 6.35. The van der Waals surface area contributed by atoms with E-state index in [0.29, 0.717) is 13.2 Å². The highest BCUT2D eigenvalue weighted by atomic mass is 16.5. The van der Waals surface area contributed by atoms with Gasteiger partial charge in [0, 0.05) is 13.0 Å². The second kappa shape index (κ2) is 8.59. The number of nitrogens with one attached hydrogen (secondary N) is 1. The van der Waals surface area contributed by atoms with Gasteiger partial charge in [0.25, 0.3) is 0 Å². The number of carbonyl (C=O) groups is 1. The number of likely N-dealkylation sites (N-methyl/N-ethyl adjacent to an activating group) is 1. The first-order chi connectivity index (χ1) is 10.3. The molecule has 0 bridgehead atoms. The van der Waals surface area contributed by atoms with Crippen molar-refractivity contribution >= 4 is 5.91 Å². The van der Waals surface area contributed by atoms with Crippen LogP contribution in [0, 0.1) is 13.8 Å². The zero-order valence-corrected chi connectivity index (χ0v) is 14.3. The van der Waals surface area contributed by atoms with Gasteiger partial charge in [-0.25, -0.2) is 0 Å². The van der Waals surface area contributed by atoms with E-state index in [1.807, 2.05) is 6.07 Å². The highest BCUT2D eigenvalue weighted by Gasteiger charge is 2.15. The van der Waals surface area contributed by atoms with Gasteiger partial charge in [0.2, 0.25) is 5.91 Å². The van der Waals surface area contributed by atoms with Gasteiger partial charge in [-0.05, 0) is 31.6 Å². The molecule has 0 spiro atoms. The molecular formula is C18H29N2O2+. The molecule has 0 aliphatic carbocycles. The first-order valence-electron chi connectivity index (χ1n) is 7.76. The Hall–Kier alpha value is -1.81. The van der Waals surface area contributed by atoms with Crippen LogP contribution >= 0.6 is 0 Å². The number of hydrogen-bond donors (Lipinski definition) is 1. The van der Waals surface area contributed by atoms with Gasteiger partial charge < -0.3 is 14.5 Å². The van der Waals surface area contributed by atoms with Crippen LogP contribution in [-0.2, 0) is 4.79 Å². The lowest BCUT2D eigenvalue weighted by molar-refractivity contribution is -0.890. The fraction of sp³-hybridized carbons (Fsp3) is 0.500. The van der Waals surface area contributed by atoms with Crippen LogP contribution in [0.4, 0.5) is 0 Å². The van der Waals surface area contributed by atoms with Crippen LogP contribution in [0.25, 0.3) is 0 Å². The molecular weight excluding hydrogens is 276 g/mol. The Labute approximate surface area is 134 Å². The van der Waals surface area contributed by atoms with Crippen molar-refractivity contribution < 1.29 is 14.0 Å². The molecule has 22 heavy (non-hydrogen) atoms. The Kier molecular flexibility index (Phi) is 7.12. The minimum atomic E-state index is -0.108. The molecule has 0 fully saturated rings. The van der Waals surface area contributed by atoms with Gasteiger partial charge >= 0.3 is 0 Å².